The fourth-order valence-electron chi connectivity index (χ4n) is 5.71. The number of pyridine rings is 1. The predicted molar refractivity (Wildman–Crippen MR) is 138 cm³/mol. The molecule has 0 radical (unpaired) electrons. The zero-order chi connectivity index (χ0) is 21.4. The zero-order valence-corrected chi connectivity index (χ0v) is 18.8. The van der Waals surface area contributed by atoms with Gasteiger partial charge in [0.15, 0.2) is 0 Å². The summed E-state index contributed by atoms with van der Waals surface area (Å²) in [5.41, 5.74) is 7.59. The number of thiophene rings is 1. The molecule has 2 heterocycles. The summed E-state index contributed by atoms with van der Waals surface area (Å²) < 4.78 is 2.67. The minimum Gasteiger partial charge on any atom is -0.256 e. The molecule has 4 aromatic carbocycles. The third-order valence-corrected chi connectivity index (χ3v) is 8.22. The lowest BCUT2D eigenvalue weighted by atomic mass is 9.78. The van der Waals surface area contributed by atoms with E-state index in [1.54, 1.807) is 0 Å². The van der Waals surface area contributed by atoms with Gasteiger partial charge in [0.2, 0.25) is 0 Å². The molecule has 0 saturated heterocycles. The highest BCUT2D eigenvalue weighted by molar-refractivity contribution is 7.25. The number of rotatable bonds is 1. The Bertz CT molecular complexity index is 1700. The summed E-state index contributed by atoms with van der Waals surface area (Å²) in [6.07, 6.45) is 1.98. The van der Waals surface area contributed by atoms with E-state index in [0.717, 1.165) is 5.69 Å². The van der Waals surface area contributed by atoms with Crippen molar-refractivity contribution in [1.29, 1.82) is 0 Å². The summed E-state index contributed by atoms with van der Waals surface area (Å²) in [4.78, 5) is 4.95. The lowest BCUT2D eigenvalue weighted by Crippen LogP contribution is -2.17. The van der Waals surface area contributed by atoms with Crippen LogP contribution in [0.4, 0.5) is 0 Å². The zero-order valence-electron chi connectivity index (χ0n) is 18.0. The third kappa shape index (κ3) is 2.31. The van der Waals surface area contributed by atoms with Gasteiger partial charge in [0.05, 0.1) is 5.69 Å². The minimum absolute atomic E-state index is 0.124. The molecular weight excluding hydrogens is 406 g/mol. The maximum Gasteiger partial charge on any atom is 0.0749 e. The summed E-state index contributed by atoms with van der Waals surface area (Å²) in [7, 11) is 0. The average molecular weight is 428 g/mol. The summed E-state index contributed by atoms with van der Waals surface area (Å²) in [5, 5.41) is 5.29. The van der Waals surface area contributed by atoms with E-state index in [1.165, 1.54) is 58.8 Å². The molecule has 0 N–H and O–H groups in total. The van der Waals surface area contributed by atoms with Crippen molar-refractivity contribution in [3.8, 4) is 22.4 Å². The predicted octanol–water partition coefficient (Wildman–Crippen LogP) is 8.58. The van der Waals surface area contributed by atoms with E-state index in [2.05, 4.69) is 98.8 Å². The van der Waals surface area contributed by atoms with Crippen molar-refractivity contribution < 1.29 is 0 Å². The highest BCUT2D eigenvalue weighted by Gasteiger charge is 2.39. The van der Waals surface area contributed by atoms with Gasteiger partial charge in [0.25, 0.3) is 0 Å². The first-order valence-corrected chi connectivity index (χ1v) is 11.9. The highest BCUT2D eigenvalue weighted by Crippen LogP contribution is 2.53. The molecule has 6 aromatic rings. The van der Waals surface area contributed by atoms with Crippen LogP contribution < -0.4 is 0 Å². The molecule has 0 atom stereocenters. The van der Waals surface area contributed by atoms with E-state index in [1.807, 2.05) is 17.5 Å². The second-order valence-electron chi connectivity index (χ2n) is 9.23. The lowest BCUT2D eigenvalue weighted by molar-refractivity contribution is 0.665. The molecule has 2 aromatic heterocycles. The molecule has 7 rings (SSSR count). The first kappa shape index (κ1) is 18.1. The van der Waals surface area contributed by atoms with Crippen molar-refractivity contribution in [3.05, 3.63) is 102 Å². The van der Waals surface area contributed by atoms with E-state index in [4.69, 9.17) is 4.98 Å². The van der Waals surface area contributed by atoms with Gasteiger partial charge in [0, 0.05) is 37.3 Å². The van der Waals surface area contributed by atoms with Crippen molar-refractivity contribution in [2.45, 2.75) is 19.3 Å². The van der Waals surface area contributed by atoms with E-state index in [9.17, 15) is 0 Å². The Morgan fingerprint density at radius 3 is 2.31 bits per heavy atom. The van der Waals surface area contributed by atoms with Gasteiger partial charge < -0.3 is 0 Å². The Morgan fingerprint density at radius 1 is 0.656 bits per heavy atom. The molecule has 0 spiro atoms. The van der Waals surface area contributed by atoms with Crippen LogP contribution in [0.3, 0.4) is 0 Å². The van der Waals surface area contributed by atoms with Crippen LogP contribution in [0, 0.1) is 0 Å². The molecule has 0 saturated carbocycles. The van der Waals surface area contributed by atoms with Crippen LogP contribution in [0.15, 0.2) is 91.1 Å². The fraction of sp³-hybridized carbons (Fsp3) is 0.100. The standard InChI is InChI=1S/C30H21NS/c1-30(2)27-20-8-4-3-7-18(20)11-13-22(27)23-15-16-31-29(28(23)30)19-12-14-26-24(17-19)21-9-5-6-10-25(21)32-26/h3-17H,1-2H3. The largest absolute Gasteiger partial charge is 0.256 e. The molecule has 1 nitrogen and oxygen atoms in total. The SMILES string of the molecule is CC1(C)c2c(ccnc2-c2ccc3sc4ccccc4c3c2)-c2ccc3ccccc3c21. The summed E-state index contributed by atoms with van der Waals surface area (Å²) in [6.45, 7) is 4.71. The first-order chi connectivity index (χ1) is 15.6. The van der Waals surface area contributed by atoms with Crippen LogP contribution in [-0.4, -0.2) is 4.98 Å². The number of fused-ring (bicyclic) bond motifs is 8. The molecule has 0 aliphatic heterocycles. The number of aromatic nitrogens is 1. The summed E-state index contributed by atoms with van der Waals surface area (Å²) in [6, 6.07) is 31.0. The van der Waals surface area contributed by atoms with Gasteiger partial charge in [-0.25, -0.2) is 0 Å². The smallest absolute Gasteiger partial charge is 0.0749 e. The van der Waals surface area contributed by atoms with Gasteiger partial charge in [-0.05, 0) is 57.3 Å². The number of benzene rings is 4. The van der Waals surface area contributed by atoms with Gasteiger partial charge in [-0.3, -0.25) is 4.98 Å². The van der Waals surface area contributed by atoms with Crippen LogP contribution in [0.25, 0.3) is 53.3 Å². The molecule has 0 unspecified atom stereocenters. The Labute approximate surface area is 191 Å². The van der Waals surface area contributed by atoms with Crippen LogP contribution in [-0.2, 0) is 5.41 Å². The van der Waals surface area contributed by atoms with Gasteiger partial charge in [-0.2, -0.15) is 0 Å². The molecular formula is C30H21NS. The van der Waals surface area contributed by atoms with Crippen LogP contribution in [0.1, 0.15) is 25.0 Å². The highest BCUT2D eigenvalue weighted by atomic mass is 32.1. The van der Waals surface area contributed by atoms with Gasteiger partial charge >= 0.3 is 0 Å². The molecule has 1 aliphatic carbocycles. The van der Waals surface area contributed by atoms with E-state index < -0.39 is 0 Å². The Hall–Kier alpha value is -3.49. The quantitative estimate of drug-likeness (QED) is 0.256. The lowest BCUT2D eigenvalue weighted by Gasteiger charge is -2.25. The fourth-order valence-corrected chi connectivity index (χ4v) is 6.79. The van der Waals surface area contributed by atoms with Gasteiger partial charge in [0.1, 0.15) is 0 Å². The molecule has 1 aliphatic rings. The summed E-state index contributed by atoms with van der Waals surface area (Å²) >= 11 is 1.86. The maximum absolute atomic E-state index is 4.95. The van der Waals surface area contributed by atoms with Crippen LogP contribution >= 0.6 is 11.3 Å². The molecule has 152 valence electrons. The molecule has 32 heavy (non-hydrogen) atoms. The van der Waals surface area contributed by atoms with Crippen LogP contribution in [0.2, 0.25) is 0 Å². The second kappa shape index (κ2) is 6.27. The Balaban J connectivity index is 1.52. The minimum atomic E-state index is -0.124. The van der Waals surface area contributed by atoms with E-state index in [0.29, 0.717) is 0 Å². The first-order valence-electron chi connectivity index (χ1n) is 11.1. The van der Waals surface area contributed by atoms with Crippen molar-refractivity contribution in [3.63, 3.8) is 0 Å². The van der Waals surface area contributed by atoms with Crippen LogP contribution in [0.5, 0.6) is 0 Å². The molecule has 0 bridgehead atoms. The molecule has 0 amide bonds. The second-order valence-corrected chi connectivity index (χ2v) is 10.3. The Kier molecular flexibility index (Phi) is 3.55. The van der Waals surface area contributed by atoms with Gasteiger partial charge in [-0.1, -0.05) is 74.5 Å². The van der Waals surface area contributed by atoms with E-state index >= 15 is 0 Å². The van der Waals surface area contributed by atoms with Crippen molar-refractivity contribution in [2.75, 3.05) is 0 Å². The summed E-state index contributed by atoms with van der Waals surface area (Å²) in [5.74, 6) is 0. The number of nitrogens with zero attached hydrogens (tertiary/aromatic N) is 1. The average Bonchev–Trinajstić information content (AvgIpc) is 3.31. The topological polar surface area (TPSA) is 12.9 Å². The number of hydrogen-bond acceptors (Lipinski definition) is 2. The van der Waals surface area contributed by atoms with Crippen molar-refractivity contribution in [1.82, 2.24) is 4.98 Å². The maximum atomic E-state index is 4.95. The van der Waals surface area contributed by atoms with Crippen molar-refractivity contribution in [2.24, 2.45) is 0 Å². The van der Waals surface area contributed by atoms with E-state index in [-0.39, 0.29) is 5.41 Å². The normalized spacial score (nSPS) is 14.2. The molecule has 0 fully saturated rings. The Morgan fingerprint density at radius 2 is 1.41 bits per heavy atom. The van der Waals surface area contributed by atoms with Gasteiger partial charge in [-0.15, -0.1) is 11.3 Å². The number of hydrogen-bond donors (Lipinski definition) is 0. The molecule has 2 heteroatoms. The van der Waals surface area contributed by atoms with Crippen molar-refractivity contribution >= 4 is 42.3 Å². The third-order valence-electron chi connectivity index (χ3n) is 7.07. The monoisotopic (exact) mass is 427 g/mol.